The van der Waals surface area contributed by atoms with E-state index in [2.05, 4.69) is 20.6 Å². The molecule has 2 N–H and O–H groups in total. The second-order valence-electron chi connectivity index (χ2n) is 7.27. The number of fused-ring (bicyclic) bond motifs is 1. The van der Waals surface area contributed by atoms with Crippen LogP contribution in [0.5, 0.6) is 5.75 Å². The fourth-order valence-corrected chi connectivity index (χ4v) is 2.98. The first kappa shape index (κ1) is 22.0. The normalized spacial score (nSPS) is 11.7. The smallest absolute Gasteiger partial charge is 0.328 e. The largest absolute Gasteiger partial charge is 0.484 e. The molecule has 3 aromatic rings. The summed E-state index contributed by atoms with van der Waals surface area (Å²) in [6.07, 6.45) is 0. The molecule has 0 radical (unpaired) electrons. The predicted octanol–water partition coefficient (Wildman–Crippen LogP) is 2.93. The van der Waals surface area contributed by atoms with E-state index >= 15 is 0 Å². The van der Waals surface area contributed by atoms with Crippen LogP contribution in [0.3, 0.4) is 0 Å². The lowest BCUT2D eigenvalue weighted by Gasteiger charge is -2.21. The van der Waals surface area contributed by atoms with Gasteiger partial charge in [-0.05, 0) is 30.2 Å². The number of hydrogen-bond acceptors (Lipinski definition) is 7. The zero-order valence-corrected chi connectivity index (χ0v) is 17.8. The molecule has 1 amide bonds. The Kier molecular flexibility index (Phi) is 7.37. The molecule has 0 aliphatic heterocycles. The molecule has 0 bridgehead atoms. The molecule has 0 saturated carbocycles. The summed E-state index contributed by atoms with van der Waals surface area (Å²) in [6.45, 7) is 3.86. The molecule has 3 rings (SSSR count). The minimum Gasteiger partial charge on any atom is -0.484 e. The number of hydrogen-bond donors (Lipinski definition) is 2. The van der Waals surface area contributed by atoms with Crippen molar-refractivity contribution in [3.63, 3.8) is 0 Å². The second-order valence-corrected chi connectivity index (χ2v) is 7.27. The minimum atomic E-state index is -0.565. The maximum Gasteiger partial charge on any atom is 0.328 e. The molecule has 1 heterocycles. The Balaban J connectivity index is 1.73. The molecular formula is C23H26N4O4. The molecule has 0 fully saturated rings. The summed E-state index contributed by atoms with van der Waals surface area (Å²) in [4.78, 5) is 33.4. The van der Waals surface area contributed by atoms with Gasteiger partial charge in [0, 0.05) is 5.39 Å². The van der Waals surface area contributed by atoms with Gasteiger partial charge in [0.25, 0.3) is 5.91 Å². The number of carbonyl (C=O) groups excluding carboxylic acids is 2. The van der Waals surface area contributed by atoms with Crippen LogP contribution < -0.4 is 15.4 Å². The first-order valence-electron chi connectivity index (χ1n) is 10.0. The van der Waals surface area contributed by atoms with Gasteiger partial charge in [0.15, 0.2) is 12.4 Å². The summed E-state index contributed by atoms with van der Waals surface area (Å²) in [5.74, 6) is 0.879. The number of nitrogens with one attached hydrogen (secondary N) is 2. The van der Waals surface area contributed by atoms with Gasteiger partial charge in [-0.2, -0.15) is 0 Å². The molecule has 0 aliphatic rings. The number of ether oxygens (including phenoxy) is 2. The van der Waals surface area contributed by atoms with E-state index in [1.54, 1.807) is 12.1 Å². The van der Waals surface area contributed by atoms with E-state index in [4.69, 9.17) is 9.47 Å². The molecule has 1 atom stereocenters. The topological polar surface area (TPSA) is 102 Å². The molecule has 2 aromatic carbocycles. The monoisotopic (exact) mass is 422 g/mol. The summed E-state index contributed by atoms with van der Waals surface area (Å²) in [7, 11) is 1.36. The van der Waals surface area contributed by atoms with E-state index in [1.807, 2.05) is 56.3 Å². The lowest BCUT2D eigenvalue weighted by molar-refractivity contribution is -0.142. The summed E-state index contributed by atoms with van der Waals surface area (Å²) < 4.78 is 10.4. The van der Waals surface area contributed by atoms with Gasteiger partial charge in [-0.1, -0.05) is 44.2 Å². The number of amides is 1. The van der Waals surface area contributed by atoms with Gasteiger partial charge in [0.05, 0.1) is 19.2 Å². The Hall–Kier alpha value is -3.68. The summed E-state index contributed by atoms with van der Waals surface area (Å²) in [5.41, 5.74) is 0.706. The van der Waals surface area contributed by atoms with Gasteiger partial charge < -0.3 is 20.1 Å². The van der Waals surface area contributed by atoms with E-state index in [1.165, 1.54) is 7.11 Å². The van der Waals surface area contributed by atoms with Crippen LogP contribution >= 0.6 is 0 Å². The van der Waals surface area contributed by atoms with Gasteiger partial charge in [0.2, 0.25) is 0 Å². The van der Waals surface area contributed by atoms with Crippen LogP contribution in [0.15, 0.2) is 54.6 Å². The molecule has 1 unspecified atom stereocenters. The molecular weight excluding hydrogens is 396 g/mol. The van der Waals surface area contributed by atoms with Crippen molar-refractivity contribution in [1.29, 1.82) is 0 Å². The molecule has 31 heavy (non-hydrogen) atoms. The van der Waals surface area contributed by atoms with Crippen molar-refractivity contribution in [3.05, 3.63) is 60.4 Å². The summed E-state index contributed by atoms with van der Waals surface area (Å²) in [5, 5.41) is 6.72. The maximum atomic E-state index is 12.2. The van der Waals surface area contributed by atoms with Crippen molar-refractivity contribution in [2.45, 2.75) is 26.4 Å². The van der Waals surface area contributed by atoms with E-state index in [9.17, 15) is 9.59 Å². The molecule has 162 valence electrons. The number of aromatic nitrogens is 2. The number of methoxy groups -OCH3 is 1. The third kappa shape index (κ3) is 5.91. The van der Waals surface area contributed by atoms with Crippen molar-refractivity contribution < 1.29 is 19.1 Å². The van der Waals surface area contributed by atoms with E-state index < -0.39 is 6.04 Å². The molecule has 8 heteroatoms. The minimum absolute atomic E-state index is 0.0144. The quantitative estimate of drug-likeness (QED) is 0.511. The Labute approximate surface area is 181 Å². The number of para-hydroxylation sites is 2. The van der Waals surface area contributed by atoms with Crippen LogP contribution in [0, 0.1) is 5.92 Å². The van der Waals surface area contributed by atoms with Crippen LogP contribution in [0.2, 0.25) is 0 Å². The van der Waals surface area contributed by atoms with E-state index in [-0.39, 0.29) is 30.9 Å². The Morgan fingerprint density at radius 2 is 1.71 bits per heavy atom. The van der Waals surface area contributed by atoms with Crippen molar-refractivity contribution in [2.75, 3.05) is 19.0 Å². The highest BCUT2D eigenvalue weighted by Gasteiger charge is 2.24. The average Bonchev–Trinajstić information content (AvgIpc) is 2.79. The third-order valence-electron chi connectivity index (χ3n) is 4.62. The molecule has 0 spiro atoms. The highest BCUT2D eigenvalue weighted by molar-refractivity contribution is 5.91. The third-order valence-corrected chi connectivity index (χ3v) is 4.62. The van der Waals surface area contributed by atoms with Crippen LogP contribution in [0.4, 0.5) is 5.82 Å². The van der Waals surface area contributed by atoms with Crippen molar-refractivity contribution in [2.24, 2.45) is 5.92 Å². The molecule has 0 aliphatic carbocycles. The fraction of sp³-hybridized carbons (Fsp3) is 0.304. The summed E-state index contributed by atoms with van der Waals surface area (Å²) >= 11 is 0. The van der Waals surface area contributed by atoms with Crippen molar-refractivity contribution in [3.8, 4) is 5.75 Å². The molecule has 1 aromatic heterocycles. The van der Waals surface area contributed by atoms with Gasteiger partial charge in [-0.15, -0.1) is 0 Å². The van der Waals surface area contributed by atoms with Crippen molar-refractivity contribution in [1.82, 2.24) is 15.3 Å². The second kappa shape index (κ2) is 10.4. The number of esters is 1. The number of rotatable bonds is 9. The number of benzene rings is 2. The maximum absolute atomic E-state index is 12.2. The predicted molar refractivity (Wildman–Crippen MR) is 118 cm³/mol. The Morgan fingerprint density at radius 3 is 2.42 bits per heavy atom. The number of nitrogens with zero attached hydrogens (tertiary/aromatic N) is 2. The first-order valence-corrected chi connectivity index (χ1v) is 10.0. The Bertz CT molecular complexity index is 1040. The Morgan fingerprint density at radius 1 is 1.00 bits per heavy atom. The van der Waals surface area contributed by atoms with Crippen LogP contribution in [0.1, 0.15) is 19.7 Å². The van der Waals surface area contributed by atoms with Crippen LogP contribution in [-0.2, 0) is 20.9 Å². The van der Waals surface area contributed by atoms with Gasteiger partial charge in [0.1, 0.15) is 17.6 Å². The molecule has 0 saturated heterocycles. The van der Waals surface area contributed by atoms with Crippen LogP contribution in [-0.4, -0.2) is 41.6 Å². The molecule has 8 nitrogen and oxygen atoms in total. The lowest BCUT2D eigenvalue weighted by atomic mass is 10.0. The van der Waals surface area contributed by atoms with Gasteiger partial charge in [-0.3, -0.25) is 4.79 Å². The number of carbonyl (C=O) groups is 2. The zero-order chi connectivity index (χ0) is 22.2. The van der Waals surface area contributed by atoms with E-state index in [0.717, 1.165) is 5.39 Å². The standard InChI is InChI=1S/C23H26N4O4/c1-15(2)21(23(29)30-3)27-22-17-11-7-8-12-18(17)25-19(26-22)13-24-20(28)14-31-16-9-5-4-6-10-16/h4-12,15,21H,13-14H2,1-3H3,(H,24,28)(H,25,26,27). The van der Waals surface area contributed by atoms with E-state index in [0.29, 0.717) is 22.9 Å². The number of anilines is 1. The van der Waals surface area contributed by atoms with Gasteiger partial charge in [-0.25, -0.2) is 14.8 Å². The highest BCUT2D eigenvalue weighted by Crippen LogP contribution is 2.22. The van der Waals surface area contributed by atoms with Gasteiger partial charge >= 0.3 is 5.97 Å². The zero-order valence-electron chi connectivity index (χ0n) is 17.8. The first-order chi connectivity index (χ1) is 15.0. The van der Waals surface area contributed by atoms with Crippen LogP contribution in [0.25, 0.3) is 10.9 Å². The lowest BCUT2D eigenvalue weighted by Crippen LogP contribution is -2.36. The van der Waals surface area contributed by atoms with Crippen molar-refractivity contribution >= 4 is 28.6 Å². The average molecular weight is 422 g/mol. The SMILES string of the molecule is COC(=O)C(Nc1nc(CNC(=O)COc2ccccc2)nc2ccccc12)C(C)C. The summed E-state index contributed by atoms with van der Waals surface area (Å²) in [6, 6.07) is 16.0. The fourth-order valence-electron chi connectivity index (χ4n) is 2.98. The highest BCUT2D eigenvalue weighted by atomic mass is 16.5.